The number of guanidine groups is 1. The Morgan fingerprint density at radius 2 is 2.17 bits per heavy atom. The van der Waals surface area contributed by atoms with Crippen molar-refractivity contribution in [2.24, 2.45) is 4.99 Å². The van der Waals surface area contributed by atoms with Gasteiger partial charge in [-0.1, -0.05) is 0 Å². The maximum Gasteiger partial charge on any atom is 0.410 e. The Hall–Kier alpha value is -1.58. The number of hydrogen-bond acceptors (Lipinski definition) is 4. The number of nitrogens with one attached hydrogen (secondary N) is 2. The Labute approximate surface area is 192 Å². The highest BCUT2D eigenvalue weighted by atomic mass is 127. The van der Waals surface area contributed by atoms with E-state index in [2.05, 4.69) is 29.5 Å². The number of halogens is 1. The molecule has 0 saturated carbocycles. The number of nitrogens with zero attached hydrogens (tertiary/aromatic N) is 3. The zero-order valence-corrected chi connectivity index (χ0v) is 20.7. The number of ether oxygens (including phenoxy) is 1. The normalized spacial score (nSPS) is 17.3. The lowest BCUT2D eigenvalue weighted by atomic mass is 10.1. The fraction of sp³-hybridized carbons (Fsp3) is 0.667. The highest BCUT2D eigenvalue weighted by Gasteiger charge is 2.28. The fourth-order valence-electron chi connectivity index (χ4n) is 3.17. The third kappa shape index (κ3) is 9.18. The van der Waals surface area contributed by atoms with Gasteiger partial charge < -0.3 is 20.3 Å². The molecule has 2 rings (SSSR count). The number of piperidine rings is 1. The molecule has 29 heavy (non-hydrogen) atoms. The van der Waals surface area contributed by atoms with Gasteiger partial charge in [0.2, 0.25) is 0 Å². The fourth-order valence-corrected chi connectivity index (χ4v) is 3.17. The van der Waals surface area contributed by atoms with Gasteiger partial charge in [0.15, 0.2) is 5.96 Å². The molecule has 2 N–H and O–H groups in total. The van der Waals surface area contributed by atoms with Crippen molar-refractivity contribution >= 4 is 36.0 Å². The second-order valence-corrected chi connectivity index (χ2v) is 8.22. The lowest BCUT2D eigenvalue weighted by molar-refractivity contribution is 0.0193. The van der Waals surface area contributed by atoms with Crippen LogP contribution >= 0.6 is 24.0 Å². The monoisotopic (exact) mass is 517 g/mol. The van der Waals surface area contributed by atoms with Crippen molar-refractivity contribution in [2.45, 2.75) is 65.5 Å². The Balaban J connectivity index is 0.00000420. The van der Waals surface area contributed by atoms with Crippen LogP contribution < -0.4 is 10.6 Å². The molecule has 1 aliphatic heterocycles. The standard InChI is InChI=1S/C21H35N5O2.HI/c1-6-23-19(24-12-10-17-9-11-22-14-16(17)2)25-18-8-7-13-26(15-18)20(27)28-21(3,4)5;/h9,11,14,18H,6-8,10,12-13,15H2,1-5H3,(H2,23,24,25);1H. The molecule has 0 radical (unpaired) electrons. The maximum atomic E-state index is 12.4. The second-order valence-electron chi connectivity index (χ2n) is 8.22. The third-order valence-electron chi connectivity index (χ3n) is 4.55. The molecule has 0 bridgehead atoms. The molecule has 8 heteroatoms. The van der Waals surface area contributed by atoms with Gasteiger partial charge in [-0.2, -0.15) is 0 Å². The number of amides is 1. The lowest BCUT2D eigenvalue weighted by Crippen LogP contribution is -2.53. The Kier molecular flexibility index (Phi) is 10.7. The molecule has 7 nitrogen and oxygen atoms in total. The van der Waals surface area contributed by atoms with Crippen LogP contribution in [0.15, 0.2) is 23.5 Å². The minimum Gasteiger partial charge on any atom is -0.444 e. The average Bonchev–Trinajstić information content (AvgIpc) is 2.62. The van der Waals surface area contributed by atoms with E-state index in [1.807, 2.05) is 39.2 Å². The number of aliphatic imine (C=N–C) groups is 1. The summed E-state index contributed by atoms with van der Waals surface area (Å²) in [4.78, 5) is 23.0. The van der Waals surface area contributed by atoms with Crippen LogP contribution in [-0.4, -0.2) is 59.8 Å². The molecule has 0 spiro atoms. The van der Waals surface area contributed by atoms with Gasteiger partial charge in [-0.3, -0.25) is 9.98 Å². The van der Waals surface area contributed by atoms with Crippen LogP contribution in [0, 0.1) is 6.92 Å². The first-order valence-corrected chi connectivity index (χ1v) is 10.2. The number of carbonyl (C=O) groups excluding carboxylic acids is 1. The van der Waals surface area contributed by atoms with Crippen molar-refractivity contribution in [1.82, 2.24) is 20.5 Å². The largest absolute Gasteiger partial charge is 0.444 e. The number of pyridine rings is 1. The molecule has 164 valence electrons. The van der Waals surface area contributed by atoms with E-state index >= 15 is 0 Å². The predicted octanol–water partition coefficient (Wildman–Crippen LogP) is 3.51. The van der Waals surface area contributed by atoms with E-state index in [9.17, 15) is 4.79 Å². The van der Waals surface area contributed by atoms with Crippen molar-refractivity contribution in [3.05, 3.63) is 29.6 Å². The van der Waals surface area contributed by atoms with Gasteiger partial charge in [-0.05, 0) is 71.1 Å². The minimum absolute atomic E-state index is 0. The summed E-state index contributed by atoms with van der Waals surface area (Å²) in [5.74, 6) is 0.797. The first-order chi connectivity index (χ1) is 13.3. The predicted molar refractivity (Wildman–Crippen MR) is 128 cm³/mol. The molecule has 1 aromatic rings. The summed E-state index contributed by atoms with van der Waals surface area (Å²) in [6, 6.07) is 2.21. The number of rotatable bonds is 5. The van der Waals surface area contributed by atoms with Gasteiger partial charge in [0.05, 0.1) is 0 Å². The quantitative estimate of drug-likeness (QED) is 0.355. The maximum absolute atomic E-state index is 12.4. The molecule has 1 unspecified atom stereocenters. The van der Waals surface area contributed by atoms with Crippen molar-refractivity contribution in [3.8, 4) is 0 Å². The summed E-state index contributed by atoms with van der Waals surface area (Å²) in [5, 5.41) is 6.79. The van der Waals surface area contributed by atoms with Crippen LogP contribution in [0.2, 0.25) is 0 Å². The average molecular weight is 517 g/mol. The van der Waals surface area contributed by atoms with Gasteiger partial charge in [0.25, 0.3) is 0 Å². The first kappa shape index (κ1) is 25.5. The minimum atomic E-state index is -0.473. The Bertz CT molecular complexity index is 675. The van der Waals surface area contributed by atoms with Crippen LogP contribution in [0.1, 0.15) is 51.7 Å². The van der Waals surface area contributed by atoms with Crippen molar-refractivity contribution in [1.29, 1.82) is 0 Å². The van der Waals surface area contributed by atoms with Crippen molar-refractivity contribution < 1.29 is 9.53 Å². The van der Waals surface area contributed by atoms with Gasteiger partial charge in [-0.15, -0.1) is 24.0 Å². The number of likely N-dealkylation sites (tertiary alicyclic amines) is 1. The SMILES string of the molecule is CCNC(=NCCc1ccncc1C)NC1CCCN(C(=O)OC(C)(C)C)C1.I. The van der Waals surface area contributed by atoms with Crippen LogP contribution in [0.5, 0.6) is 0 Å². The van der Waals surface area contributed by atoms with E-state index in [4.69, 9.17) is 9.73 Å². The summed E-state index contributed by atoms with van der Waals surface area (Å²) in [5.41, 5.74) is 1.98. The Morgan fingerprint density at radius 3 is 2.83 bits per heavy atom. The van der Waals surface area contributed by atoms with E-state index in [1.54, 1.807) is 4.90 Å². The molecule has 1 amide bonds. The van der Waals surface area contributed by atoms with Gasteiger partial charge in [0.1, 0.15) is 5.60 Å². The molecule has 1 aromatic heterocycles. The molecule has 1 atom stereocenters. The molecule has 1 fully saturated rings. The molecule has 1 saturated heterocycles. The Morgan fingerprint density at radius 1 is 1.41 bits per heavy atom. The number of hydrogen-bond donors (Lipinski definition) is 2. The van der Waals surface area contributed by atoms with Gasteiger partial charge in [0, 0.05) is 44.6 Å². The van der Waals surface area contributed by atoms with Crippen LogP contribution in [0.4, 0.5) is 4.79 Å². The molecule has 0 aliphatic carbocycles. The van der Waals surface area contributed by atoms with E-state index < -0.39 is 5.60 Å². The second kappa shape index (κ2) is 12.2. The summed E-state index contributed by atoms with van der Waals surface area (Å²) in [6.07, 6.45) is 6.30. The highest BCUT2D eigenvalue weighted by molar-refractivity contribution is 14.0. The van der Waals surface area contributed by atoms with Crippen LogP contribution in [0.3, 0.4) is 0 Å². The summed E-state index contributed by atoms with van der Waals surface area (Å²) in [6.45, 7) is 12.7. The van der Waals surface area contributed by atoms with E-state index in [0.29, 0.717) is 13.1 Å². The summed E-state index contributed by atoms with van der Waals surface area (Å²) >= 11 is 0. The highest BCUT2D eigenvalue weighted by Crippen LogP contribution is 2.15. The topological polar surface area (TPSA) is 78.9 Å². The lowest BCUT2D eigenvalue weighted by Gasteiger charge is -2.35. The zero-order chi connectivity index (χ0) is 20.6. The molecular weight excluding hydrogens is 481 g/mol. The zero-order valence-electron chi connectivity index (χ0n) is 18.3. The number of aromatic nitrogens is 1. The van der Waals surface area contributed by atoms with E-state index in [0.717, 1.165) is 38.3 Å². The molecule has 2 heterocycles. The summed E-state index contributed by atoms with van der Waals surface area (Å²) < 4.78 is 5.51. The third-order valence-corrected chi connectivity index (χ3v) is 4.55. The van der Waals surface area contributed by atoms with Crippen LogP contribution in [-0.2, 0) is 11.2 Å². The van der Waals surface area contributed by atoms with Crippen LogP contribution in [0.25, 0.3) is 0 Å². The van der Waals surface area contributed by atoms with E-state index in [1.165, 1.54) is 11.1 Å². The molecular formula is C21H36IN5O2. The van der Waals surface area contributed by atoms with Gasteiger partial charge in [-0.25, -0.2) is 4.79 Å². The van der Waals surface area contributed by atoms with E-state index in [-0.39, 0.29) is 36.1 Å². The van der Waals surface area contributed by atoms with Crippen molar-refractivity contribution in [3.63, 3.8) is 0 Å². The first-order valence-electron chi connectivity index (χ1n) is 10.2. The van der Waals surface area contributed by atoms with Crippen molar-refractivity contribution in [2.75, 3.05) is 26.2 Å². The van der Waals surface area contributed by atoms with Gasteiger partial charge >= 0.3 is 6.09 Å². The smallest absolute Gasteiger partial charge is 0.410 e. The number of carbonyl (C=O) groups is 1. The number of aryl methyl sites for hydroxylation is 1. The summed E-state index contributed by atoms with van der Waals surface area (Å²) in [7, 11) is 0. The molecule has 0 aromatic carbocycles. The molecule has 1 aliphatic rings.